The Kier molecular flexibility index (Phi) is 5.31. The fraction of sp³-hybridized carbons (Fsp3) is 0.778. The van der Waals surface area contributed by atoms with Gasteiger partial charge in [-0.15, -0.1) is 0 Å². The first-order valence-corrected chi connectivity index (χ1v) is 12.5. The van der Waals surface area contributed by atoms with Gasteiger partial charge in [0.1, 0.15) is 0 Å². The molecule has 5 rings (SSSR count). The van der Waals surface area contributed by atoms with Gasteiger partial charge in [0.15, 0.2) is 0 Å². The second kappa shape index (κ2) is 7.60. The second-order valence-corrected chi connectivity index (χ2v) is 11.5. The highest BCUT2D eigenvalue weighted by Crippen LogP contribution is 2.61. The highest BCUT2D eigenvalue weighted by atomic mass is 16.3. The SMILES string of the molecule is CC1=C([C@H](C)[C@H]2NC[C@@H](C)C[C@H]2O)CCC2C1=CC1C2CC=C2C[C@@H](O)CCC21C. The summed E-state index contributed by atoms with van der Waals surface area (Å²) in [6.45, 7) is 10.4. The van der Waals surface area contributed by atoms with E-state index in [-0.39, 0.29) is 23.7 Å². The van der Waals surface area contributed by atoms with Gasteiger partial charge in [-0.2, -0.15) is 0 Å². The van der Waals surface area contributed by atoms with Crippen LogP contribution in [0.25, 0.3) is 0 Å². The van der Waals surface area contributed by atoms with Crippen LogP contribution in [-0.4, -0.2) is 35.0 Å². The summed E-state index contributed by atoms with van der Waals surface area (Å²) in [6, 6.07) is 0.192. The van der Waals surface area contributed by atoms with Crippen LogP contribution in [0.15, 0.2) is 34.4 Å². The second-order valence-electron chi connectivity index (χ2n) is 11.5. The highest BCUT2D eigenvalue weighted by molar-refractivity contribution is 5.46. The van der Waals surface area contributed by atoms with Gasteiger partial charge in [-0.3, -0.25) is 0 Å². The smallest absolute Gasteiger partial charge is 0.0702 e. The summed E-state index contributed by atoms with van der Waals surface area (Å²) in [7, 11) is 0. The van der Waals surface area contributed by atoms with Crippen LogP contribution in [0, 0.1) is 35.0 Å². The zero-order valence-electron chi connectivity index (χ0n) is 19.3. The topological polar surface area (TPSA) is 52.5 Å². The lowest BCUT2D eigenvalue weighted by molar-refractivity contribution is 0.0571. The Hall–Kier alpha value is -0.900. The van der Waals surface area contributed by atoms with Crippen LogP contribution in [0.5, 0.6) is 0 Å². The Bertz CT molecular complexity index is 795. The minimum atomic E-state index is -0.235. The minimum absolute atomic E-state index is 0.136. The van der Waals surface area contributed by atoms with Crippen LogP contribution in [0.1, 0.15) is 72.6 Å². The predicted molar refractivity (Wildman–Crippen MR) is 122 cm³/mol. The molecule has 1 saturated carbocycles. The third-order valence-corrected chi connectivity index (χ3v) is 9.78. The highest BCUT2D eigenvalue weighted by Gasteiger charge is 2.52. The van der Waals surface area contributed by atoms with Crippen molar-refractivity contribution < 1.29 is 10.2 Å². The number of fused-ring (bicyclic) bond motifs is 5. The number of hydrogen-bond acceptors (Lipinski definition) is 3. The third kappa shape index (κ3) is 3.19. The van der Waals surface area contributed by atoms with Gasteiger partial charge in [-0.05, 0) is 105 Å². The van der Waals surface area contributed by atoms with E-state index in [1.807, 2.05) is 0 Å². The number of hydrogen-bond donors (Lipinski definition) is 3. The van der Waals surface area contributed by atoms with Crippen molar-refractivity contribution in [2.45, 2.75) is 90.9 Å². The number of aliphatic hydroxyl groups excluding tert-OH is 2. The van der Waals surface area contributed by atoms with E-state index in [9.17, 15) is 10.2 Å². The summed E-state index contributed by atoms with van der Waals surface area (Å²) in [5.74, 6) is 3.04. The molecule has 0 aromatic heterocycles. The average Bonchev–Trinajstić information content (AvgIpc) is 3.09. The van der Waals surface area contributed by atoms with Crippen molar-refractivity contribution in [3.05, 3.63) is 34.4 Å². The molecule has 3 N–H and O–H groups in total. The molecule has 4 unspecified atom stereocenters. The number of piperidine rings is 1. The van der Waals surface area contributed by atoms with Gasteiger partial charge < -0.3 is 15.5 Å². The maximum atomic E-state index is 10.7. The molecule has 9 atom stereocenters. The summed E-state index contributed by atoms with van der Waals surface area (Å²) in [6.07, 6.45) is 12.3. The Labute approximate surface area is 182 Å². The fourth-order valence-corrected chi connectivity index (χ4v) is 7.95. The summed E-state index contributed by atoms with van der Waals surface area (Å²) < 4.78 is 0. The summed E-state index contributed by atoms with van der Waals surface area (Å²) in [5, 5.41) is 24.6. The number of rotatable bonds is 2. The Morgan fingerprint density at radius 3 is 2.80 bits per heavy atom. The molecule has 1 heterocycles. The van der Waals surface area contributed by atoms with E-state index >= 15 is 0 Å². The van der Waals surface area contributed by atoms with Crippen LogP contribution >= 0.6 is 0 Å². The number of allylic oxidation sites excluding steroid dienone is 4. The van der Waals surface area contributed by atoms with Gasteiger partial charge in [-0.1, -0.05) is 44.1 Å². The van der Waals surface area contributed by atoms with E-state index in [0.29, 0.717) is 23.7 Å². The van der Waals surface area contributed by atoms with Crippen LogP contribution in [0.4, 0.5) is 0 Å². The monoisotopic (exact) mass is 411 g/mol. The Balaban J connectivity index is 1.43. The van der Waals surface area contributed by atoms with Gasteiger partial charge in [0.25, 0.3) is 0 Å². The third-order valence-electron chi connectivity index (χ3n) is 9.78. The molecule has 2 fully saturated rings. The molecule has 1 saturated heterocycles. The first-order valence-electron chi connectivity index (χ1n) is 12.5. The Morgan fingerprint density at radius 1 is 1.23 bits per heavy atom. The van der Waals surface area contributed by atoms with Crippen molar-refractivity contribution in [2.75, 3.05) is 6.54 Å². The van der Waals surface area contributed by atoms with E-state index in [2.05, 4.69) is 45.2 Å². The van der Waals surface area contributed by atoms with Gasteiger partial charge >= 0.3 is 0 Å². The maximum absolute atomic E-state index is 10.7. The zero-order valence-corrected chi connectivity index (χ0v) is 19.3. The van der Waals surface area contributed by atoms with Crippen molar-refractivity contribution in [2.24, 2.45) is 35.0 Å². The number of nitrogens with one attached hydrogen (secondary N) is 1. The van der Waals surface area contributed by atoms with Gasteiger partial charge in [0, 0.05) is 6.04 Å². The van der Waals surface area contributed by atoms with Crippen LogP contribution in [-0.2, 0) is 0 Å². The lowest BCUT2D eigenvalue weighted by atomic mass is 9.56. The van der Waals surface area contributed by atoms with E-state index < -0.39 is 0 Å². The van der Waals surface area contributed by atoms with Gasteiger partial charge in [-0.25, -0.2) is 0 Å². The standard InChI is InChI=1S/C27H41NO2/c1-15-11-25(30)26(28-14-15)17(3)20-7-8-21-22-6-5-18-12-19(29)9-10-27(18,4)24(22)13-23(21)16(20)2/h5,13,15,17,19,21-22,24-26,28-30H,6-12,14H2,1-4H3/t15-,17-,19-,21?,22?,24?,25+,26+,27?/m0/s1. The van der Waals surface area contributed by atoms with E-state index in [0.717, 1.165) is 38.1 Å². The molecule has 1 aliphatic heterocycles. The summed E-state index contributed by atoms with van der Waals surface area (Å²) in [5.41, 5.74) is 6.51. The van der Waals surface area contributed by atoms with E-state index in [1.54, 1.807) is 11.1 Å². The molecule has 0 aromatic rings. The molecular formula is C27H41NO2. The molecule has 0 amide bonds. The van der Waals surface area contributed by atoms with E-state index in [4.69, 9.17) is 0 Å². The first-order chi connectivity index (χ1) is 14.3. The largest absolute Gasteiger partial charge is 0.393 e. The molecule has 166 valence electrons. The van der Waals surface area contributed by atoms with Gasteiger partial charge in [0.05, 0.1) is 12.2 Å². The van der Waals surface area contributed by atoms with Crippen molar-refractivity contribution in [1.82, 2.24) is 5.32 Å². The lowest BCUT2D eigenvalue weighted by Gasteiger charge is -2.49. The van der Waals surface area contributed by atoms with Crippen LogP contribution in [0.3, 0.4) is 0 Å². The molecule has 30 heavy (non-hydrogen) atoms. The fourth-order valence-electron chi connectivity index (χ4n) is 7.95. The summed E-state index contributed by atoms with van der Waals surface area (Å²) in [4.78, 5) is 0. The molecule has 0 spiro atoms. The van der Waals surface area contributed by atoms with Gasteiger partial charge in [0.2, 0.25) is 0 Å². The molecule has 0 bridgehead atoms. The molecule has 3 nitrogen and oxygen atoms in total. The maximum Gasteiger partial charge on any atom is 0.0702 e. The molecule has 5 aliphatic rings. The first kappa shape index (κ1) is 21.0. The zero-order chi connectivity index (χ0) is 21.2. The normalized spacial score (nSPS) is 47.1. The summed E-state index contributed by atoms with van der Waals surface area (Å²) >= 11 is 0. The van der Waals surface area contributed by atoms with Crippen molar-refractivity contribution in [3.63, 3.8) is 0 Å². The van der Waals surface area contributed by atoms with Crippen molar-refractivity contribution in [1.29, 1.82) is 0 Å². The van der Waals surface area contributed by atoms with Crippen molar-refractivity contribution >= 4 is 0 Å². The van der Waals surface area contributed by atoms with Crippen molar-refractivity contribution in [3.8, 4) is 0 Å². The molecular weight excluding hydrogens is 370 g/mol. The Morgan fingerprint density at radius 2 is 2.03 bits per heavy atom. The van der Waals surface area contributed by atoms with Crippen LogP contribution in [0.2, 0.25) is 0 Å². The minimum Gasteiger partial charge on any atom is -0.393 e. The van der Waals surface area contributed by atoms with E-state index in [1.165, 1.54) is 30.4 Å². The molecule has 4 aliphatic carbocycles. The quantitative estimate of drug-likeness (QED) is 0.574. The van der Waals surface area contributed by atoms with Crippen LogP contribution < -0.4 is 5.32 Å². The molecule has 0 aromatic carbocycles. The predicted octanol–water partition coefficient (Wildman–Crippen LogP) is 4.76. The molecule has 3 heteroatoms. The average molecular weight is 412 g/mol. The molecule has 0 radical (unpaired) electrons. The number of aliphatic hydroxyl groups is 2. The lowest BCUT2D eigenvalue weighted by Crippen LogP contribution is -2.52.